The number of anilines is 1. The number of benzene rings is 1. The van der Waals surface area contributed by atoms with Gasteiger partial charge >= 0.3 is 0 Å². The fraction of sp³-hybridized carbons (Fsp3) is 0.125. The highest BCUT2D eigenvalue weighted by molar-refractivity contribution is 5.92. The monoisotopic (exact) mass is 180 g/mol. The third-order valence-electron chi connectivity index (χ3n) is 1.50. The molecule has 13 heavy (non-hydrogen) atoms. The topological polar surface area (TPSA) is 63.3 Å². The van der Waals surface area contributed by atoms with E-state index in [9.17, 15) is 4.39 Å². The Morgan fingerprint density at radius 2 is 2.08 bits per heavy atom. The molecule has 1 aromatic rings. The van der Waals surface area contributed by atoms with Crippen LogP contribution in [0.3, 0.4) is 0 Å². The molecule has 0 aromatic heterocycles. The van der Waals surface area contributed by atoms with Crippen LogP contribution in [0.1, 0.15) is 6.92 Å². The van der Waals surface area contributed by atoms with Gasteiger partial charge in [-0.25, -0.2) is 4.39 Å². The minimum absolute atomic E-state index is 0.0000926. The lowest BCUT2D eigenvalue weighted by Gasteiger charge is -2.14. The van der Waals surface area contributed by atoms with Gasteiger partial charge in [-0.15, -0.1) is 0 Å². The molecule has 0 unspecified atom stereocenters. The number of halogens is 1. The first kappa shape index (κ1) is 9.31. The Hall–Kier alpha value is -1.78. The van der Waals surface area contributed by atoms with E-state index in [2.05, 4.69) is 5.22 Å². The first-order valence-corrected chi connectivity index (χ1v) is 3.64. The molecular formula is C8H9FN4. The maximum Gasteiger partial charge on any atom is 0.148 e. The number of hydrogen-bond acceptors (Lipinski definition) is 3. The second kappa shape index (κ2) is 3.75. The summed E-state index contributed by atoms with van der Waals surface area (Å²) < 4.78 is 13.1. The van der Waals surface area contributed by atoms with Crippen LogP contribution in [0, 0.1) is 16.8 Å². The van der Waals surface area contributed by atoms with Crippen molar-refractivity contribution in [2.24, 2.45) is 5.22 Å². The Labute approximate surface area is 75.0 Å². The van der Waals surface area contributed by atoms with E-state index in [0.29, 0.717) is 0 Å². The highest BCUT2D eigenvalue weighted by atomic mass is 19.1. The maximum atomic E-state index is 13.1. The lowest BCUT2D eigenvalue weighted by molar-refractivity contribution is 0.625. The van der Waals surface area contributed by atoms with Crippen molar-refractivity contribution in [3.63, 3.8) is 0 Å². The Morgan fingerprint density at radius 1 is 1.46 bits per heavy atom. The number of amidine groups is 1. The number of nitrogens with one attached hydrogen (secondary N) is 2. The van der Waals surface area contributed by atoms with Gasteiger partial charge in [-0.05, 0) is 19.1 Å². The minimum atomic E-state index is -0.495. The van der Waals surface area contributed by atoms with E-state index in [1.807, 2.05) is 0 Å². The van der Waals surface area contributed by atoms with Crippen LogP contribution in [0.4, 0.5) is 10.1 Å². The molecule has 0 spiro atoms. The van der Waals surface area contributed by atoms with Crippen LogP contribution in [-0.4, -0.2) is 5.84 Å². The second-order valence-corrected chi connectivity index (χ2v) is 2.45. The van der Waals surface area contributed by atoms with Crippen LogP contribution < -0.4 is 5.01 Å². The lowest BCUT2D eigenvalue weighted by atomic mass is 10.3. The molecule has 0 radical (unpaired) electrons. The van der Waals surface area contributed by atoms with E-state index in [0.717, 1.165) is 5.01 Å². The standard InChI is InChI=1S/C8H9FN4/c1-6(10)13(12-11)8-5-3-2-4-7(8)9/h2-5,10-11H,1H3. The van der Waals surface area contributed by atoms with Crippen molar-refractivity contribution in [2.45, 2.75) is 6.92 Å². The van der Waals surface area contributed by atoms with E-state index >= 15 is 0 Å². The first-order chi connectivity index (χ1) is 6.16. The smallest absolute Gasteiger partial charge is 0.148 e. The van der Waals surface area contributed by atoms with Gasteiger partial charge < -0.3 is 0 Å². The van der Waals surface area contributed by atoms with Gasteiger partial charge in [-0.3, -0.25) is 5.41 Å². The van der Waals surface area contributed by atoms with Crippen LogP contribution in [0.2, 0.25) is 0 Å². The summed E-state index contributed by atoms with van der Waals surface area (Å²) in [5.41, 5.74) is 6.88. The summed E-state index contributed by atoms with van der Waals surface area (Å²) in [5.74, 6) is -0.495. The zero-order chi connectivity index (χ0) is 9.84. The van der Waals surface area contributed by atoms with Crippen molar-refractivity contribution in [3.8, 4) is 0 Å². The van der Waals surface area contributed by atoms with E-state index in [1.165, 1.54) is 19.1 Å². The van der Waals surface area contributed by atoms with Gasteiger partial charge in [0.25, 0.3) is 0 Å². The molecule has 0 atom stereocenters. The normalized spacial score (nSPS) is 9.38. The Bertz CT molecular complexity index is 337. The zero-order valence-corrected chi connectivity index (χ0v) is 7.08. The summed E-state index contributed by atoms with van der Waals surface area (Å²) in [4.78, 5) is 0. The molecule has 1 aromatic carbocycles. The van der Waals surface area contributed by atoms with E-state index in [1.54, 1.807) is 12.1 Å². The predicted octanol–water partition coefficient (Wildman–Crippen LogP) is 2.58. The van der Waals surface area contributed by atoms with Crippen molar-refractivity contribution in [3.05, 3.63) is 30.1 Å². The lowest BCUT2D eigenvalue weighted by Crippen LogP contribution is -2.21. The van der Waals surface area contributed by atoms with Gasteiger partial charge in [-0.2, -0.15) is 10.5 Å². The number of hydrogen-bond donors (Lipinski definition) is 2. The average molecular weight is 180 g/mol. The van der Waals surface area contributed by atoms with Crippen molar-refractivity contribution in [1.29, 1.82) is 10.9 Å². The van der Waals surface area contributed by atoms with E-state index in [4.69, 9.17) is 10.9 Å². The molecule has 0 aliphatic heterocycles. The molecule has 0 saturated carbocycles. The molecule has 2 N–H and O–H groups in total. The fourth-order valence-electron chi connectivity index (χ4n) is 0.933. The zero-order valence-electron chi connectivity index (χ0n) is 7.08. The van der Waals surface area contributed by atoms with Crippen LogP contribution in [0.5, 0.6) is 0 Å². The Morgan fingerprint density at radius 3 is 2.54 bits per heavy atom. The Kier molecular flexibility index (Phi) is 2.69. The van der Waals surface area contributed by atoms with Crippen molar-refractivity contribution >= 4 is 11.5 Å². The quantitative estimate of drug-likeness (QED) is 0.312. The first-order valence-electron chi connectivity index (χ1n) is 3.64. The molecule has 0 heterocycles. The van der Waals surface area contributed by atoms with Crippen molar-refractivity contribution in [1.82, 2.24) is 0 Å². The third kappa shape index (κ3) is 1.87. The Balaban J connectivity index is 3.12. The summed E-state index contributed by atoms with van der Waals surface area (Å²) in [6.45, 7) is 1.44. The molecule has 0 bridgehead atoms. The van der Waals surface area contributed by atoms with E-state index in [-0.39, 0.29) is 11.5 Å². The number of para-hydroxylation sites is 1. The molecule has 0 amide bonds. The minimum Gasteiger partial charge on any atom is -0.287 e. The van der Waals surface area contributed by atoms with E-state index < -0.39 is 5.82 Å². The molecule has 68 valence electrons. The summed E-state index contributed by atoms with van der Waals surface area (Å²) >= 11 is 0. The molecule has 4 nitrogen and oxygen atoms in total. The molecule has 5 heteroatoms. The van der Waals surface area contributed by atoms with Crippen LogP contribution in [-0.2, 0) is 0 Å². The van der Waals surface area contributed by atoms with Gasteiger partial charge in [0.2, 0.25) is 0 Å². The second-order valence-electron chi connectivity index (χ2n) is 2.45. The molecular weight excluding hydrogens is 171 g/mol. The summed E-state index contributed by atoms with van der Waals surface area (Å²) in [7, 11) is 0. The maximum absolute atomic E-state index is 13.1. The molecule has 0 saturated heterocycles. The van der Waals surface area contributed by atoms with Gasteiger partial charge in [0.1, 0.15) is 17.3 Å². The van der Waals surface area contributed by atoms with Crippen LogP contribution >= 0.6 is 0 Å². The predicted molar refractivity (Wildman–Crippen MR) is 47.4 cm³/mol. The van der Waals surface area contributed by atoms with Crippen LogP contribution in [0.25, 0.3) is 0 Å². The summed E-state index contributed by atoms with van der Waals surface area (Å²) in [6, 6.07) is 5.89. The third-order valence-corrected chi connectivity index (χ3v) is 1.50. The molecule has 1 rings (SSSR count). The fourth-order valence-corrected chi connectivity index (χ4v) is 0.933. The van der Waals surface area contributed by atoms with Gasteiger partial charge in [-0.1, -0.05) is 17.4 Å². The summed E-state index contributed by atoms with van der Waals surface area (Å²) in [6.07, 6.45) is 0. The molecule has 0 aliphatic rings. The molecule has 0 aliphatic carbocycles. The highest BCUT2D eigenvalue weighted by Gasteiger charge is 2.11. The highest BCUT2D eigenvalue weighted by Crippen LogP contribution is 2.18. The van der Waals surface area contributed by atoms with Gasteiger partial charge in [0, 0.05) is 0 Å². The summed E-state index contributed by atoms with van der Waals surface area (Å²) in [5, 5.41) is 11.2. The number of rotatable bonds is 2. The number of nitrogens with zero attached hydrogens (tertiary/aromatic N) is 2. The van der Waals surface area contributed by atoms with Crippen LogP contribution in [0.15, 0.2) is 29.5 Å². The largest absolute Gasteiger partial charge is 0.287 e. The van der Waals surface area contributed by atoms with Gasteiger partial charge in [0.15, 0.2) is 0 Å². The average Bonchev–Trinajstić information content (AvgIpc) is 2.09. The van der Waals surface area contributed by atoms with Crippen molar-refractivity contribution < 1.29 is 4.39 Å². The molecule has 0 fully saturated rings. The van der Waals surface area contributed by atoms with Crippen molar-refractivity contribution in [2.75, 3.05) is 5.01 Å². The SMILES string of the molecule is CC(=N)N(N=N)c1ccccc1F. The van der Waals surface area contributed by atoms with Gasteiger partial charge in [0.05, 0.1) is 0 Å².